The second-order valence-electron chi connectivity index (χ2n) is 4.19. The Morgan fingerprint density at radius 1 is 0.875 bits per heavy atom. The van der Waals surface area contributed by atoms with Crippen molar-refractivity contribution >= 4 is 0 Å². The number of nitrogens with zero attached hydrogens (tertiary/aromatic N) is 1. The molecule has 0 bridgehead atoms. The number of quaternary nitrogens is 1. The molecule has 0 spiro atoms. The van der Waals surface area contributed by atoms with Crippen LogP contribution in [0, 0.1) is 0 Å². The third-order valence-electron chi connectivity index (χ3n) is 2.32. The van der Waals surface area contributed by atoms with Crippen molar-refractivity contribution in [1.29, 1.82) is 0 Å². The van der Waals surface area contributed by atoms with Crippen molar-refractivity contribution in [2.45, 2.75) is 6.92 Å². The van der Waals surface area contributed by atoms with Gasteiger partial charge < -0.3 is 31.1 Å². The Kier molecular flexibility index (Phi) is 13.4. The van der Waals surface area contributed by atoms with Crippen molar-refractivity contribution in [3.05, 3.63) is 0 Å². The van der Waals surface area contributed by atoms with Crippen LogP contribution in [0.2, 0.25) is 0 Å². The molecule has 4 nitrogen and oxygen atoms in total. The van der Waals surface area contributed by atoms with Crippen molar-refractivity contribution in [2.24, 2.45) is 0 Å². The lowest BCUT2D eigenvalue weighted by Gasteiger charge is -2.29. The highest BCUT2D eigenvalue weighted by molar-refractivity contribution is 4.36. The smallest absolute Gasteiger partial charge is 0.102 e. The summed E-state index contributed by atoms with van der Waals surface area (Å²) < 4.78 is 16.6. The first-order valence-electron chi connectivity index (χ1n) is 5.59. The molecular formula is C11H26ClNO3. The predicted octanol–water partition coefficient (Wildman–Crippen LogP) is -2.23. The predicted molar refractivity (Wildman–Crippen MR) is 61.0 cm³/mol. The van der Waals surface area contributed by atoms with Gasteiger partial charge in [-0.3, -0.25) is 0 Å². The SMILES string of the molecule is CCOCC[N+](C)(C)CCOCCOC.[Cl-]. The van der Waals surface area contributed by atoms with Gasteiger partial charge in [0.1, 0.15) is 13.1 Å². The largest absolute Gasteiger partial charge is 1.00 e. The lowest BCUT2D eigenvalue weighted by molar-refractivity contribution is -0.891. The fourth-order valence-corrected chi connectivity index (χ4v) is 1.12. The van der Waals surface area contributed by atoms with Crippen LogP contribution in [0.25, 0.3) is 0 Å². The quantitative estimate of drug-likeness (QED) is 0.327. The van der Waals surface area contributed by atoms with Crippen molar-refractivity contribution in [2.75, 3.05) is 67.3 Å². The maximum atomic E-state index is 5.43. The first kappa shape index (κ1) is 18.5. The fourth-order valence-electron chi connectivity index (χ4n) is 1.12. The molecule has 0 aliphatic rings. The molecule has 0 aromatic carbocycles. The zero-order chi connectivity index (χ0) is 11.6. The van der Waals surface area contributed by atoms with Crippen LogP contribution in [-0.2, 0) is 14.2 Å². The van der Waals surface area contributed by atoms with Gasteiger partial charge in [0.25, 0.3) is 0 Å². The maximum Gasteiger partial charge on any atom is 0.102 e. The standard InChI is InChI=1S/C11H26NO3.ClH/c1-5-14-8-6-12(2,3)7-9-15-11-10-13-4;/h5-11H2,1-4H3;1H/q+1;/p-1. The number of hydrogen-bond donors (Lipinski definition) is 0. The van der Waals surface area contributed by atoms with Crippen LogP contribution in [0.15, 0.2) is 0 Å². The summed E-state index contributed by atoms with van der Waals surface area (Å²) in [6.07, 6.45) is 0. The second-order valence-corrected chi connectivity index (χ2v) is 4.19. The Labute approximate surface area is 106 Å². The maximum absolute atomic E-state index is 5.43. The molecule has 5 heteroatoms. The van der Waals surface area contributed by atoms with E-state index in [1.54, 1.807) is 7.11 Å². The summed E-state index contributed by atoms with van der Waals surface area (Å²) in [7, 11) is 6.07. The lowest BCUT2D eigenvalue weighted by Crippen LogP contribution is -3.00. The van der Waals surface area contributed by atoms with E-state index in [9.17, 15) is 0 Å². The van der Waals surface area contributed by atoms with Gasteiger partial charge in [-0.25, -0.2) is 0 Å². The molecule has 16 heavy (non-hydrogen) atoms. The van der Waals surface area contributed by atoms with Crippen LogP contribution in [0.5, 0.6) is 0 Å². The molecule has 0 aliphatic carbocycles. The van der Waals surface area contributed by atoms with E-state index in [1.807, 2.05) is 6.92 Å². The monoisotopic (exact) mass is 255 g/mol. The van der Waals surface area contributed by atoms with Crippen molar-refractivity contribution in [3.8, 4) is 0 Å². The molecule has 0 atom stereocenters. The third-order valence-corrected chi connectivity index (χ3v) is 2.32. The normalized spacial score (nSPS) is 11.2. The zero-order valence-corrected chi connectivity index (χ0v) is 11.8. The van der Waals surface area contributed by atoms with E-state index in [0.29, 0.717) is 13.2 Å². The molecule has 0 unspecified atom stereocenters. The summed E-state index contributed by atoms with van der Waals surface area (Å²) in [5.41, 5.74) is 0. The van der Waals surface area contributed by atoms with E-state index < -0.39 is 0 Å². The molecule has 0 rings (SSSR count). The number of hydrogen-bond acceptors (Lipinski definition) is 3. The van der Waals surface area contributed by atoms with Crippen LogP contribution in [0.1, 0.15) is 6.92 Å². The average Bonchev–Trinajstić information content (AvgIpc) is 2.17. The van der Waals surface area contributed by atoms with Crippen LogP contribution in [0.3, 0.4) is 0 Å². The zero-order valence-electron chi connectivity index (χ0n) is 11.0. The highest BCUT2D eigenvalue weighted by Gasteiger charge is 2.13. The summed E-state index contributed by atoms with van der Waals surface area (Å²) in [6, 6.07) is 0. The number of halogens is 1. The van der Waals surface area contributed by atoms with Gasteiger partial charge in [-0.15, -0.1) is 0 Å². The summed E-state index contributed by atoms with van der Waals surface area (Å²) in [4.78, 5) is 0. The van der Waals surface area contributed by atoms with Crippen LogP contribution < -0.4 is 12.4 Å². The summed E-state index contributed by atoms with van der Waals surface area (Å²) in [5.74, 6) is 0. The molecule has 0 aliphatic heterocycles. The summed E-state index contributed by atoms with van der Waals surface area (Å²) in [5, 5.41) is 0. The first-order chi connectivity index (χ1) is 7.12. The van der Waals surface area contributed by atoms with Gasteiger partial charge in [0, 0.05) is 13.7 Å². The number of methoxy groups -OCH3 is 1. The van der Waals surface area contributed by atoms with Crippen LogP contribution in [-0.4, -0.2) is 71.8 Å². The summed E-state index contributed by atoms with van der Waals surface area (Å²) in [6.45, 7) is 7.81. The molecule has 0 saturated carbocycles. The third kappa shape index (κ3) is 12.2. The Morgan fingerprint density at radius 2 is 1.44 bits per heavy atom. The van der Waals surface area contributed by atoms with Gasteiger partial charge >= 0.3 is 0 Å². The Morgan fingerprint density at radius 3 is 1.94 bits per heavy atom. The minimum atomic E-state index is 0. The Hall–Kier alpha value is 0.130. The molecular weight excluding hydrogens is 230 g/mol. The minimum absolute atomic E-state index is 0. The van der Waals surface area contributed by atoms with Gasteiger partial charge in [0.05, 0.1) is 40.5 Å². The number of likely N-dealkylation sites (N-methyl/N-ethyl adjacent to an activating group) is 1. The number of ether oxygens (including phenoxy) is 3. The van der Waals surface area contributed by atoms with Gasteiger partial charge in [0.2, 0.25) is 0 Å². The number of rotatable bonds is 10. The molecule has 0 heterocycles. The van der Waals surface area contributed by atoms with Crippen molar-refractivity contribution in [3.63, 3.8) is 0 Å². The minimum Gasteiger partial charge on any atom is -1.00 e. The molecule has 100 valence electrons. The molecule has 0 N–H and O–H groups in total. The molecule has 0 fully saturated rings. The van der Waals surface area contributed by atoms with Crippen LogP contribution in [0.4, 0.5) is 0 Å². The molecule has 0 saturated heterocycles. The fraction of sp³-hybridized carbons (Fsp3) is 1.00. The molecule has 0 aromatic rings. The van der Waals surface area contributed by atoms with E-state index in [1.165, 1.54) is 0 Å². The topological polar surface area (TPSA) is 27.7 Å². The van der Waals surface area contributed by atoms with Gasteiger partial charge in [-0.05, 0) is 6.92 Å². The second kappa shape index (κ2) is 11.6. The van der Waals surface area contributed by atoms with E-state index in [2.05, 4.69) is 14.1 Å². The summed E-state index contributed by atoms with van der Waals surface area (Å²) >= 11 is 0. The van der Waals surface area contributed by atoms with Crippen molar-refractivity contribution in [1.82, 2.24) is 0 Å². The first-order valence-corrected chi connectivity index (χ1v) is 5.59. The van der Waals surface area contributed by atoms with E-state index >= 15 is 0 Å². The highest BCUT2D eigenvalue weighted by Crippen LogP contribution is 1.96. The van der Waals surface area contributed by atoms with Gasteiger partial charge in [-0.1, -0.05) is 0 Å². The molecule has 0 amide bonds. The Bertz CT molecular complexity index is 145. The highest BCUT2D eigenvalue weighted by atomic mass is 35.5. The van der Waals surface area contributed by atoms with Gasteiger partial charge in [-0.2, -0.15) is 0 Å². The molecule has 0 radical (unpaired) electrons. The van der Waals surface area contributed by atoms with E-state index in [0.717, 1.165) is 37.4 Å². The van der Waals surface area contributed by atoms with Crippen molar-refractivity contribution < 1.29 is 31.1 Å². The van der Waals surface area contributed by atoms with E-state index in [-0.39, 0.29) is 12.4 Å². The van der Waals surface area contributed by atoms with Gasteiger partial charge in [0.15, 0.2) is 0 Å². The molecule has 0 aromatic heterocycles. The van der Waals surface area contributed by atoms with Crippen LogP contribution >= 0.6 is 0 Å². The average molecular weight is 256 g/mol. The van der Waals surface area contributed by atoms with E-state index in [4.69, 9.17) is 14.2 Å². The lowest BCUT2D eigenvalue weighted by atomic mass is 10.4. The Balaban J connectivity index is 0.